The predicted molar refractivity (Wildman–Crippen MR) is 128 cm³/mol. The van der Waals surface area contributed by atoms with Crippen LogP contribution < -0.4 is 21.9 Å². The Morgan fingerprint density at radius 1 is 1.12 bits per heavy atom. The van der Waals surface area contributed by atoms with Crippen LogP contribution in [-0.4, -0.2) is 27.0 Å². The molecule has 3 N–H and O–H groups in total. The van der Waals surface area contributed by atoms with Crippen molar-refractivity contribution in [1.29, 1.82) is 0 Å². The summed E-state index contributed by atoms with van der Waals surface area (Å²) in [6.45, 7) is 8.44. The maximum atomic E-state index is 13.7. The Morgan fingerprint density at radius 2 is 1.84 bits per heavy atom. The number of aryl methyl sites for hydroxylation is 2. The quantitative estimate of drug-likeness (QED) is 0.559. The van der Waals surface area contributed by atoms with Crippen molar-refractivity contribution < 1.29 is 4.79 Å². The minimum Gasteiger partial charge on any atom is -0.383 e. The molecular formula is C24H31N5O3. The number of nitrogen functional groups attached to an aromatic ring is 1. The van der Waals surface area contributed by atoms with Gasteiger partial charge in [0.2, 0.25) is 0 Å². The fourth-order valence-electron chi connectivity index (χ4n) is 3.76. The summed E-state index contributed by atoms with van der Waals surface area (Å²) in [6, 6.07) is 7.68. The van der Waals surface area contributed by atoms with E-state index in [1.807, 2.05) is 45.0 Å². The first-order valence-corrected chi connectivity index (χ1v) is 11.1. The van der Waals surface area contributed by atoms with Gasteiger partial charge >= 0.3 is 5.69 Å². The average Bonchev–Trinajstić information content (AvgIpc) is 2.75. The van der Waals surface area contributed by atoms with Crippen molar-refractivity contribution in [2.75, 3.05) is 17.2 Å². The SMILES string of the molecule is CCCCN(C(=O)c1cc2cc(C)ccc2nc1C)c1c(N)n(CCCC)c(=O)[nH]c1=O. The first-order chi connectivity index (χ1) is 15.3. The number of nitrogens with zero attached hydrogens (tertiary/aromatic N) is 3. The highest BCUT2D eigenvalue weighted by molar-refractivity contribution is 6.09. The molecule has 3 rings (SSSR count). The number of unbranched alkanes of at least 4 members (excludes halogenated alkanes) is 2. The molecule has 0 aliphatic carbocycles. The molecule has 3 aromatic rings. The molecule has 1 amide bonds. The summed E-state index contributed by atoms with van der Waals surface area (Å²) in [4.78, 5) is 47.2. The maximum absolute atomic E-state index is 13.7. The Morgan fingerprint density at radius 3 is 2.53 bits per heavy atom. The monoisotopic (exact) mass is 437 g/mol. The number of hydrogen-bond acceptors (Lipinski definition) is 5. The third-order valence-electron chi connectivity index (χ3n) is 5.59. The van der Waals surface area contributed by atoms with Gasteiger partial charge in [-0.2, -0.15) is 0 Å². The number of hydrogen-bond donors (Lipinski definition) is 2. The van der Waals surface area contributed by atoms with E-state index in [0.29, 0.717) is 30.8 Å². The topological polar surface area (TPSA) is 114 Å². The van der Waals surface area contributed by atoms with Gasteiger partial charge in [0.05, 0.1) is 16.8 Å². The molecule has 0 radical (unpaired) electrons. The van der Waals surface area contributed by atoms with Gasteiger partial charge in [0.15, 0.2) is 5.69 Å². The van der Waals surface area contributed by atoms with Crippen LogP contribution in [0.15, 0.2) is 33.9 Å². The smallest absolute Gasteiger partial charge is 0.330 e. The molecule has 32 heavy (non-hydrogen) atoms. The van der Waals surface area contributed by atoms with Crippen molar-refractivity contribution >= 4 is 28.3 Å². The zero-order chi connectivity index (χ0) is 23.4. The van der Waals surface area contributed by atoms with E-state index in [9.17, 15) is 14.4 Å². The Kier molecular flexibility index (Phi) is 7.12. The molecule has 8 heteroatoms. The minimum atomic E-state index is -0.660. The summed E-state index contributed by atoms with van der Waals surface area (Å²) in [5.74, 6) is -0.344. The highest BCUT2D eigenvalue weighted by atomic mass is 16.2. The normalized spacial score (nSPS) is 11.1. The van der Waals surface area contributed by atoms with E-state index in [0.717, 1.165) is 35.7 Å². The largest absolute Gasteiger partial charge is 0.383 e. The zero-order valence-electron chi connectivity index (χ0n) is 19.2. The fraction of sp³-hybridized carbons (Fsp3) is 0.417. The molecule has 0 saturated heterocycles. The van der Waals surface area contributed by atoms with Gasteiger partial charge in [-0.3, -0.25) is 24.1 Å². The van der Waals surface area contributed by atoms with Crippen molar-refractivity contribution in [3.63, 3.8) is 0 Å². The summed E-state index contributed by atoms with van der Waals surface area (Å²) in [5, 5.41) is 0.851. The molecule has 2 aromatic heterocycles. The molecule has 8 nitrogen and oxygen atoms in total. The molecule has 0 spiro atoms. The van der Waals surface area contributed by atoms with E-state index >= 15 is 0 Å². The highest BCUT2D eigenvalue weighted by Crippen LogP contribution is 2.24. The van der Waals surface area contributed by atoms with E-state index in [2.05, 4.69) is 9.97 Å². The number of benzene rings is 1. The van der Waals surface area contributed by atoms with E-state index in [4.69, 9.17) is 5.73 Å². The maximum Gasteiger partial charge on any atom is 0.330 e. The number of carbonyl (C=O) groups is 1. The van der Waals surface area contributed by atoms with E-state index in [-0.39, 0.29) is 17.4 Å². The number of nitrogens with two attached hydrogens (primary N) is 1. The fourth-order valence-corrected chi connectivity index (χ4v) is 3.76. The van der Waals surface area contributed by atoms with Crippen LogP contribution in [-0.2, 0) is 6.54 Å². The van der Waals surface area contributed by atoms with Gasteiger partial charge in [-0.1, -0.05) is 38.3 Å². The number of carbonyl (C=O) groups excluding carboxylic acids is 1. The number of fused-ring (bicyclic) bond motifs is 1. The van der Waals surface area contributed by atoms with Gasteiger partial charge in [0.1, 0.15) is 5.82 Å². The number of anilines is 2. The number of H-pyrrole nitrogens is 1. The van der Waals surface area contributed by atoms with E-state index < -0.39 is 11.2 Å². The second kappa shape index (κ2) is 9.80. The summed E-state index contributed by atoms with van der Waals surface area (Å²) in [7, 11) is 0. The second-order valence-corrected chi connectivity index (χ2v) is 8.13. The molecule has 0 fully saturated rings. The molecule has 0 bridgehead atoms. The number of nitrogens with one attached hydrogen (secondary N) is 1. The van der Waals surface area contributed by atoms with Gasteiger partial charge in [-0.25, -0.2) is 4.79 Å². The molecule has 0 saturated carbocycles. The molecule has 0 atom stereocenters. The zero-order valence-corrected chi connectivity index (χ0v) is 19.2. The third kappa shape index (κ3) is 4.59. The van der Waals surface area contributed by atoms with E-state index in [1.165, 1.54) is 9.47 Å². The summed E-state index contributed by atoms with van der Waals surface area (Å²) >= 11 is 0. The number of aromatic nitrogens is 3. The van der Waals surface area contributed by atoms with Crippen LogP contribution in [0.3, 0.4) is 0 Å². The molecule has 0 aliphatic heterocycles. The molecule has 170 valence electrons. The molecular weight excluding hydrogens is 406 g/mol. The number of pyridine rings is 1. The van der Waals surface area contributed by atoms with Gasteiger partial charge < -0.3 is 10.6 Å². The summed E-state index contributed by atoms with van der Waals surface area (Å²) in [6.07, 6.45) is 3.09. The van der Waals surface area contributed by atoms with Crippen molar-refractivity contribution in [1.82, 2.24) is 14.5 Å². The van der Waals surface area contributed by atoms with E-state index in [1.54, 1.807) is 6.92 Å². The lowest BCUT2D eigenvalue weighted by molar-refractivity contribution is 0.0985. The lowest BCUT2D eigenvalue weighted by Crippen LogP contribution is -2.42. The van der Waals surface area contributed by atoms with Crippen LogP contribution in [0.4, 0.5) is 11.5 Å². The van der Waals surface area contributed by atoms with Gasteiger partial charge in [0, 0.05) is 18.5 Å². The van der Waals surface area contributed by atoms with Gasteiger partial charge in [0.25, 0.3) is 11.5 Å². The Bertz CT molecular complexity index is 1260. The van der Waals surface area contributed by atoms with Crippen LogP contribution >= 0.6 is 0 Å². The van der Waals surface area contributed by atoms with Crippen LogP contribution in [0, 0.1) is 13.8 Å². The Labute approximate surface area is 187 Å². The van der Waals surface area contributed by atoms with Crippen LogP contribution in [0.25, 0.3) is 10.9 Å². The minimum absolute atomic E-state index is 0.0129. The van der Waals surface area contributed by atoms with Gasteiger partial charge in [-0.15, -0.1) is 0 Å². The second-order valence-electron chi connectivity index (χ2n) is 8.13. The van der Waals surface area contributed by atoms with Crippen molar-refractivity contribution in [2.24, 2.45) is 0 Å². The molecule has 1 aromatic carbocycles. The summed E-state index contributed by atoms with van der Waals surface area (Å²) < 4.78 is 1.33. The van der Waals surface area contributed by atoms with Crippen molar-refractivity contribution in [3.05, 3.63) is 61.9 Å². The predicted octanol–water partition coefficient (Wildman–Crippen LogP) is 3.53. The van der Waals surface area contributed by atoms with Gasteiger partial charge in [-0.05, 0) is 44.9 Å². The van der Waals surface area contributed by atoms with Crippen molar-refractivity contribution in [3.8, 4) is 0 Å². The molecule has 0 unspecified atom stereocenters. The third-order valence-corrected chi connectivity index (χ3v) is 5.59. The average molecular weight is 438 g/mol. The number of rotatable bonds is 8. The van der Waals surface area contributed by atoms with Crippen LogP contribution in [0.5, 0.6) is 0 Å². The molecule has 0 aliphatic rings. The highest BCUT2D eigenvalue weighted by Gasteiger charge is 2.26. The number of amides is 1. The lowest BCUT2D eigenvalue weighted by atomic mass is 10.1. The first kappa shape index (κ1) is 23.2. The van der Waals surface area contributed by atoms with Crippen LogP contribution in [0.1, 0.15) is 61.1 Å². The lowest BCUT2D eigenvalue weighted by Gasteiger charge is -2.25. The van der Waals surface area contributed by atoms with Crippen LogP contribution in [0.2, 0.25) is 0 Å². The standard InChI is InChI=1S/C24H31N5O3/c1-5-7-11-28(20-21(25)29(12-8-6-2)24(32)27-22(20)30)23(31)18-14-17-13-15(3)9-10-19(17)26-16(18)4/h9-10,13-14H,5-8,11-12,25H2,1-4H3,(H,27,30,32). The Balaban J connectivity index is 2.16. The first-order valence-electron chi connectivity index (χ1n) is 11.1. The number of aromatic amines is 1. The Hall–Kier alpha value is -3.42. The molecule has 2 heterocycles. The van der Waals surface area contributed by atoms with Crippen molar-refractivity contribution in [2.45, 2.75) is 59.9 Å². The summed E-state index contributed by atoms with van der Waals surface area (Å²) in [5.41, 5.74) is 7.93.